The Labute approximate surface area is 158 Å². The van der Waals surface area contributed by atoms with Gasteiger partial charge in [0.15, 0.2) is 5.60 Å². The number of aryl methyl sites for hydroxylation is 2. The number of anilines is 1. The van der Waals surface area contributed by atoms with Crippen molar-refractivity contribution in [3.05, 3.63) is 94.0 Å². The Morgan fingerprint density at radius 1 is 0.926 bits per heavy atom. The van der Waals surface area contributed by atoms with Crippen molar-refractivity contribution in [3.63, 3.8) is 0 Å². The van der Waals surface area contributed by atoms with E-state index in [9.17, 15) is 15.0 Å². The monoisotopic (exact) mass is 359 g/mol. The fourth-order valence-electron chi connectivity index (χ4n) is 3.74. The maximum absolute atomic E-state index is 12.7. The van der Waals surface area contributed by atoms with Gasteiger partial charge >= 0.3 is 0 Å². The lowest BCUT2D eigenvalue weighted by Crippen LogP contribution is -2.35. The molecule has 1 heterocycles. The standard InChI is InChI=1S/C23H21NO3/c1-14-10-18(11-15(2)21(14)25)23(27)19-9-8-17(13-20(19)24-22(23)26)12-16-6-4-3-5-7-16/h3-11,13,25,27H,12H2,1-2H3,(H,24,26). The van der Waals surface area contributed by atoms with E-state index >= 15 is 0 Å². The lowest BCUT2D eigenvalue weighted by molar-refractivity contribution is -0.129. The second-order valence-electron chi connectivity index (χ2n) is 7.17. The highest BCUT2D eigenvalue weighted by atomic mass is 16.3. The summed E-state index contributed by atoms with van der Waals surface area (Å²) in [6, 6.07) is 19.1. The Bertz CT molecular complexity index is 1020. The minimum atomic E-state index is -1.76. The van der Waals surface area contributed by atoms with Gasteiger partial charge < -0.3 is 15.5 Å². The molecule has 0 spiro atoms. The molecule has 0 bridgehead atoms. The van der Waals surface area contributed by atoms with E-state index in [2.05, 4.69) is 17.4 Å². The Balaban J connectivity index is 1.75. The van der Waals surface area contributed by atoms with Gasteiger partial charge in [0.2, 0.25) is 0 Å². The summed E-state index contributed by atoms with van der Waals surface area (Å²) in [6.45, 7) is 3.51. The van der Waals surface area contributed by atoms with Crippen molar-refractivity contribution < 1.29 is 15.0 Å². The molecule has 0 fully saturated rings. The van der Waals surface area contributed by atoms with E-state index in [1.807, 2.05) is 36.4 Å². The van der Waals surface area contributed by atoms with Crippen LogP contribution in [-0.4, -0.2) is 16.1 Å². The van der Waals surface area contributed by atoms with Gasteiger partial charge in [-0.1, -0.05) is 42.5 Å². The van der Waals surface area contributed by atoms with Crippen LogP contribution in [0.3, 0.4) is 0 Å². The number of aromatic hydroxyl groups is 1. The molecule has 3 aromatic rings. The SMILES string of the molecule is Cc1cc(C2(O)C(=O)Nc3cc(Cc4ccccc4)ccc32)cc(C)c1O. The smallest absolute Gasteiger partial charge is 0.265 e. The number of aliphatic hydroxyl groups is 1. The third-order valence-electron chi connectivity index (χ3n) is 5.21. The van der Waals surface area contributed by atoms with Crippen molar-refractivity contribution in [2.24, 2.45) is 0 Å². The van der Waals surface area contributed by atoms with Gasteiger partial charge in [-0.3, -0.25) is 4.79 Å². The molecule has 4 heteroatoms. The van der Waals surface area contributed by atoms with Crippen LogP contribution in [0.2, 0.25) is 0 Å². The minimum absolute atomic E-state index is 0.180. The first-order valence-corrected chi connectivity index (χ1v) is 8.91. The number of rotatable bonds is 3. The highest BCUT2D eigenvalue weighted by molar-refractivity contribution is 6.07. The van der Waals surface area contributed by atoms with Crippen molar-refractivity contribution >= 4 is 11.6 Å². The van der Waals surface area contributed by atoms with E-state index < -0.39 is 11.5 Å². The van der Waals surface area contributed by atoms with Gasteiger partial charge in [0.25, 0.3) is 5.91 Å². The fraction of sp³-hybridized carbons (Fsp3) is 0.174. The van der Waals surface area contributed by atoms with E-state index in [1.165, 1.54) is 5.56 Å². The molecule has 0 radical (unpaired) electrons. The van der Waals surface area contributed by atoms with Crippen LogP contribution in [0.15, 0.2) is 60.7 Å². The van der Waals surface area contributed by atoms with Crippen molar-refractivity contribution in [2.75, 3.05) is 5.32 Å². The highest BCUT2D eigenvalue weighted by Gasteiger charge is 2.47. The number of carbonyl (C=O) groups excluding carboxylic acids is 1. The number of phenols is 1. The van der Waals surface area contributed by atoms with Gasteiger partial charge in [0.05, 0.1) is 0 Å². The molecular weight excluding hydrogens is 338 g/mol. The first-order chi connectivity index (χ1) is 12.9. The van der Waals surface area contributed by atoms with Crippen LogP contribution >= 0.6 is 0 Å². The van der Waals surface area contributed by atoms with Gasteiger partial charge in [-0.05, 0) is 66.3 Å². The van der Waals surface area contributed by atoms with E-state index in [0.717, 1.165) is 12.0 Å². The predicted molar refractivity (Wildman–Crippen MR) is 105 cm³/mol. The van der Waals surface area contributed by atoms with E-state index in [0.29, 0.717) is 27.9 Å². The number of carbonyl (C=O) groups is 1. The summed E-state index contributed by atoms with van der Waals surface area (Å²) >= 11 is 0. The van der Waals surface area contributed by atoms with Crippen molar-refractivity contribution in [2.45, 2.75) is 25.9 Å². The van der Waals surface area contributed by atoms with Crippen LogP contribution in [0.4, 0.5) is 5.69 Å². The summed E-state index contributed by atoms with van der Waals surface area (Å²) in [7, 11) is 0. The fourth-order valence-corrected chi connectivity index (χ4v) is 3.74. The largest absolute Gasteiger partial charge is 0.507 e. The van der Waals surface area contributed by atoms with Crippen LogP contribution in [0, 0.1) is 13.8 Å². The number of fused-ring (bicyclic) bond motifs is 1. The van der Waals surface area contributed by atoms with Gasteiger partial charge in [-0.15, -0.1) is 0 Å². The molecule has 1 aliphatic heterocycles. The molecule has 4 rings (SSSR count). The second-order valence-corrected chi connectivity index (χ2v) is 7.17. The normalized spacial score (nSPS) is 18.3. The number of amides is 1. The maximum Gasteiger partial charge on any atom is 0.265 e. The maximum atomic E-state index is 12.7. The van der Waals surface area contributed by atoms with Gasteiger partial charge in [0, 0.05) is 11.3 Å². The van der Waals surface area contributed by atoms with E-state index in [1.54, 1.807) is 26.0 Å². The quantitative estimate of drug-likeness (QED) is 0.666. The third-order valence-corrected chi connectivity index (χ3v) is 5.21. The van der Waals surface area contributed by atoms with Crippen LogP contribution in [0.5, 0.6) is 5.75 Å². The summed E-state index contributed by atoms with van der Waals surface area (Å²) in [5, 5.41) is 24.1. The lowest BCUT2D eigenvalue weighted by atomic mass is 9.85. The topological polar surface area (TPSA) is 69.6 Å². The zero-order valence-electron chi connectivity index (χ0n) is 15.3. The van der Waals surface area contributed by atoms with Crippen molar-refractivity contribution in [1.82, 2.24) is 0 Å². The highest BCUT2D eigenvalue weighted by Crippen LogP contribution is 2.43. The second kappa shape index (κ2) is 6.25. The average molecular weight is 359 g/mol. The van der Waals surface area contributed by atoms with Crippen LogP contribution in [0.1, 0.15) is 33.4 Å². The molecule has 0 saturated carbocycles. The molecule has 136 valence electrons. The first-order valence-electron chi connectivity index (χ1n) is 8.91. The molecule has 3 aromatic carbocycles. The molecule has 3 N–H and O–H groups in total. The minimum Gasteiger partial charge on any atom is -0.507 e. The molecular formula is C23H21NO3. The van der Waals surface area contributed by atoms with Crippen molar-refractivity contribution in [3.8, 4) is 5.75 Å². The summed E-state index contributed by atoms with van der Waals surface area (Å²) in [5.41, 5.74) is 3.35. The molecule has 4 nitrogen and oxygen atoms in total. The van der Waals surface area contributed by atoms with Gasteiger partial charge in [-0.2, -0.15) is 0 Å². The Morgan fingerprint density at radius 3 is 2.26 bits per heavy atom. The lowest BCUT2D eigenvalue weighted by Gasteiger charge is -2.23. The van der Waals surface area contributed by atoms with Crippen LogP contribution in [0.25, 0.3) is 0 Å². The molecule has 1 atom stereocenters. The zero-order valence-corrected chi connectivity index (χ0v) is 15.3. The Hall–Kier alpha value is -3.11. The summed E-state index contributed by atoms with van der Waals surface area (Å²) in [6.07, 6.45) is 0.750. The van der Waals surface area contributed by atoms with Gasteiger partial charge in [0.1, 0.15) is 5.75 Å². The average Bonchev–Trinajstić information content (AvgIpc) is 2.91. The number of benzene rings is 3. The first kappa shape index (κ1) is 17.3. The number of nitrogens with one attached hydrogen (secondary N) is 1. The molecule has 0 aromatic heterocycles. The molecule has 0 aliphatic carbocycles. The van der Waals surface area contributed by atoms with E-state index in [4.69, 9.17) is 0 Å². The molecule has 1 unspecified atom stereocenters. The summed E-state index contributed by atoms with van der Waals surface area (Å²) in [4.78, 5) is 12.7. The number of hydrogen-bond donors (Lipinski definition) is 3. The summed E-state index contributed by atoms with van der Waals surface area (Å²) in [5.74, 6) is -0.293. The Morgan fingerprint density at radius 2 is 1.59 bits per heavy atom. The number of hydrogen-bond acceptors (Lipinski definition) is 3. The van der Waals surface area contributed by atoms with Gasteiger partial charge in [-0.25, -0.2) is 0 Å². The van der Waals surface area contributed by atoms with Crippen molar-refractivity contribution in [1.29, 1.82) is 0 Å². The molecule has 1 amide bonds. The predicted octanol–water partition coefficient (Wildman–Crippen LogP) is 3.79. The molecule has 0 saturated heterocycles. The molecule has 27 heavy (non-hydrogen) atoms. The van der Waals surface area contributed by atoms with E-state index in [-0.39, 0.29) is 5.75 Å². The third kappa shape index (κ3) is 2.78. The summed E-state index contributed by atoms with van der Waals surface area (Å²) < 4.78 is 0. The Kier molecular flexibility index (Phi) is 4.01. The molecule has 1 aliphatic rings. The number of phenolic OH excluding ortho intramolecular Hbond substituents is 1. The van der Waals surface area contributed by atoms with Crippen LogP contribution < -0.4 is 5.32 Å². The zero-order chi connectivity index (χ0) is 19.2. The van der Waals surface area contributed by atoms with Crippen LogP contribution in [-0.2, 0) is 16.8 Å².